The molecule has 2 heteroatoms. The minimum Gasteiger partial charge on any atom is -0.346 e. The van der Waals surface area contributed by atoms with Crippen LogP contribution < -0.4 is 0 Å². The zero-order valence-corrected chi connectivity index (χ0v) is 10.1. The zero-order chi connectivity index (χ0) is 10.1. The molecule has 0 N–H and O–H groups in total. The molecule has 0 fully saturated rings. The van der Waals surface area contributed by atoms with E-state index in [0.29, 0.717) is 5.92 Å². The van der Waals surface area contributed by atoms with Gasteiger partial charge in [-0.25, -0.2) is 0 Å². The summed E-state index contributed by atoms with van der Waals surface area (Å²) in [7, 11) is 0. The number of fused-ring (bicyclic) bond motifs is 1. The number of benzene rings is 1. The standard InChI is InChI=1S/C12H14BrN/c1-9(2)8-14-7-6-10-4-3-5-11(13)12(10)14/h3-7,9H,8H2,1-2H3. The fourth-order valence-corrected chi connectivity index (χ4v) is 2.37. The van der Waals surface area contributed by atoms with Gasteiger partial charge in [0, 0.05) is 22.6 Å². The maximum atomic E-state index is 3.60. The van der Waals surface area contributed by atoms with Gasteiger partial charge >= 0.3 is 0 Å². The summed E-state index contributed by atoms with van der Waals surface area (Å²) < 4.78 is 3.49. The zero-order valence-electron chi connectivity index (χ0n) is 8.50. The van der Waals surface area contributed by atoms with Crippen molar-refractivity contribution in [3.05, 3.63) is 34.9 Å². The molecule has 0 unspecified atom stereocenters. The van der Waals surface area contributed by atoms with Crippen LogP contribution >= 0.6 is 15.9 Å². The van der Waals surface area contributed by atoms with E-state index >= 15 is 0 Å². The second kappa shape index (κ2) is 3.77. The van der Waals surface area contributed by atoms with Gasteiger partial charge in [-0.3, -0.25) is 0 Å². The lowest BCUT2D eigenvalue weighted by molar-refractivity contribution is 0.535. The molecule has 74 valence electrons. The topological polar surface area (TPSA) is 4.93 Å². The lowest BCUT2D eigenvalue weighted by Crippen LogP contribution is -2.02. The Hall–Kier alpha value is -0.760. The van der Waals surface area contributed by atoms with Crippen LogP contribution in [0.2, 0.25) is 0 Å². The van der Waals surface area contributed by atoms with Crippen LogP contribution in [0, 0.1) is 5.92 Å². The second-order valence-corrected chi connectivity index (χ2v) is 4.89. The third-order valence-electron chi connectivity index (χ3n) is 2.30. The normalized spacial score (nSPS) is 11.4. The highest BCUT2D eigenvalue weighted by Crippen LogP contribution is 2.25. The first-order valence-corrected chi connectivity index (χ1v) is 5.71. The number of para-hydroxylation sites is 1. The van der Waals surface area contributed by atoms with Crippen LogP contribution in [0.4, 0.5) is 0 Å². The van der Waals surface area contributed by atoms with E-state index in [4.69, 9.17) is 0 Å². The summed E-state index contributed by atoms with van der Waals surface area (Å²) >= 11 is 3.60. The first kappa shape index (κ1) is 9.78. The van der Waals surface area contributed by atoms with Crippen molar-refractivity contribution in [2.75, 3.05) is 0 Å². The molecule has 0 saturated heterocycles. The van der Waals surface area contributed by atoms with Crippen molar-refractivity contribution in [3.63, 3.8) is 0 Å². The van der Waals surface area contributed by atoms with Crippen LogP contribution in [0.5, 0.6) is 0 Å². The number of hydrogen-bond donors (Lipinski definition) is 0. The largest absolute Gasteiger partial charge is 0.346 e. The number of nitrogens with zero attached hydrogens (tertiary/aromatic N) is 1. The number of halogens is 1. The highest BCUT2D eigenvalue weighted by molar-refractivity contribution is 9.10. The lowest BCUT2D eigenvalue weighted by Gasteiger charge is -2.09. The van der Waals surface area contributed by atoms with Crippen LogP contribution in [0.1, 0.15) is 13.8 Å². The van der Waals surface area contributed by atoms with Crippen LogP contribution in [-0.2, 0) is 6.54 Å². The maximum absolute atomic E-state index is 3.60. The Morgan fingerprint density at radius 1 is 1.29 bits per heavy atom. The van der Waals surface area contributed by atoms with E-state index in [0.717, 1.165) is 6.54 Å². The maximum Gasteiger partial charge on any atom is 0.0624 e. The van der Waals surface area contributed by atoms with Crippen molar-refractivity contribution in [2.45, 2.75) is 20.4 Å². The highest BCUT2D eigenvalue weighted by atomic mass is 79.9. The number of aromatic nitrogens is 1. The average molecular weight is 252 g/mol. The Bertz CT molecular complexity index is 443. The van der Waals surface area contributed by atoms with Crippen LogP contribution in [0.25, 0.3) is 10.9 Å². The van der Waals surface area contributed by atoms with Gasteiger partial charge in [-0.2, -0.15) is 0 Å². The molecule has 0 bridgehead atoms. The van der Waals surface area contributed by atoms with Gasteiger partial charge in [0.15, 0.2) is 0 Å². The summed E-state index contributed by atoms with van der Waals surface area (Å²) in [5.41, 5.74) is 1.31. The second-order valence-electron chi connectivity index (χ2n) is 4.04. The molecule has 0 aliphatic rings. The average Bonchev–Trinajstić information content (AvgIpc) is 2.49. The third-order valence-corrected chi connectivity index (χ3v) is 2.94. The Labute approximate surface area is 92.9 Å². The molecule has 1 nitrogen and oxygen atoms in total. The van der Waals surface area contributed by atoms with Gasteiger partial charge in [0.1, 0.15) is 0 Å². The molecule has 0 aliphatic carbocycles. The van der Waals surface area contributed by atoms with Gasteiger partial charge in [-0.15, -0.1) is 0 Å². The summed E-state index contributed by atoms with van der Waals surface area (Å²) in [6.45, 7) is 5.55. The molecule has 2 rings (SSSR count). The Balaban J connectivity index is 2.55. The Kier molecular flexibility index (Phi) is 2.64. The summed E-state index contributed by atoms with van der Waals surface area (Å²) in [4.78, 5) is 0. The van der Waals surface area contributed by atoms with E-state index in [9.17, 15) is 0 Å². The minimum absolute atomic E-state index is 0.678. The van der Waals surface area contributed by atoms with E-state index in [-0.39, 0.29) is 0 Å². The SMILES string of the molecule is CC(C)Cn1ccc2cccc(Br)c21. The van der Waals surface area contributed by atoms with Crippen LogP contribution in [-0.4, -0.2) is 4.57 Å². The van der Waals surface area contributed by atoms with Crippen molar-refractivity contribution < 1.29 is 0 Å². The Morgan fingerprint density at radius 3 is 2.79 bits per heavy atom. The molecule has 14 heavy (non-hydrogen) atoms. The van der Waals surface area contributed by atoms with Crippen molar-refractivity contribution in [1.82, 2.24) is 4.57 Å². The van der Waals surface area contributed by atoms with Crippen molar-refractivity contribution in [1.29, 1.82) is 0 Å². The first-order chi connectivity index (χ1) is 6.68. The molecular weight excluding hydrogens is 238 g/mol. The Morgan fingerprint density at radius 2 is 2.07 bits per heavy atom. The van der Waals surface area contributed by atoms with E-state index < -0.39 is 0 Å². The predicted octanol–water partition coefficient (Wildman–Crippen LogP) is 4.06. The van der Waals surface area contributed by atoms with Gasteiger partial charge < -0.3 is 4.57 Å². The fourth-order valence-electron chi connectivity index (χ4n) is 1.76. The molecule has 2 aromatic rings. The van der Waals surface area contributed by atoms with Gasteiger partial charge in [0.05, 0.1) is 5.52 Å². The van der Waals surface area contributed by atoms with E-state index in [1.807, 2.05) is 0 Å². The summed E-state index contributed by atoms with van der Waals surface area (Å²) in [6, 6.07) is 8.49. The third kappa shape index (κ3) is 1.71. The smallest absolute Gasteiger partial charge is 0.0624 e. The van der Waals surface area contributed by atoms with Gasteiger partial charge in [-0.05, 0) is 34.0 Å². The molecule has 1 aromatic carbocycles. The van der Waals surface area contributed by atoms with Gasteiger partial charge in [0.2, 0.25) is 0 Å². The van der Waals surface area contributed by atoms with E-state index in [2.05, 4.69) is 64.8 Å². The monoisotopic (exact) mass is 251 g/mol. The molecule has 1 heterocycles. The number of hydrogen-bond acceptors (Lipinski definition) is 0. The highest BCUT2D eigenvalue weighted by Gasteiger charge is 2.05. The molecule has 0 aliphatic heterocycles. The van der Waals surface area contributed by atoms with Gasteiger partial charge in [-0.1, -0.05) is 26.0 Å². The summed E-state index contributed by atoms with van der Waals surface area (Å²) in [6.07, 6.45) is 2.16. The van der Waals surface area contributed by atoms with Gasteiger partial charge in [0.25, 0.3) is 0 Å². The molecule has 0 saturated carbocycles. The molecule has 0 atom stereocenters. The van der Waals surface area contributed by atoms with Crippen LogP contribution in [0.3, 0.4) is 0 Å². The van der Waals surface area contributed by atoms with Crippen molar-refractivity contribution in [2.24, 2.45) is 5.92 Å². The summed E-state index contributed by atoms with van der Waals surface area (Å²) in [5, 5.41) is 1.31. The van der Waals surface area contributed by atoms with Crippen molar-refractivity contribution in [3.8, 4) is 0 Å². The summed E-state index contributed by atoms with van der Waals surface area (Å²) in [5.74, 6) is 0.678. The molecule has 0 radical (unpaired) electrons. The lowest BCUT2D eigenvalue weighted by atomic mass is 10.2. The molecule has 0 amide bonds. The van der Waals surface area contributed by atoms with E-state index in [1.165, 1.54) is 15.4 Å². The molecular formula is C12H14BrN. The van der Waals surface area contributed by atoms with Crippen LogP contribution in [0.15, 0.2) is 34.9 Å². The quantitative estimate of drug-likeness (QED) is 0.759. The number of rotatable bonds is 2. The fraction of sp³-hybridized carbons (Fsp3) is 0.333. The predicted molar refractivity (Wildman–Crippen MR) is 64.5 cm³/mol. The van der Waals surface area contributed by atoms with Crippen molar-refractivity contribution >= 4 is 26.8 Å². The molecule has 0 spiro atoms. The molecule has 1 aromatic heterocycles. The minimum atomic E-state index is 0.678. The first-order valence-electron chi connectivity index (χ1n) is 4.92. The van der Waals surface area contributed by atoms with E-state index in [1.54, 1.807) is 0 Å².